The van der Waals surface area contributed by atoms with E-state index in [9.17, 15) is 13.2 Å². The zero-order chi connectivity index (χ0) is 19.1. The van der Waals surface area contributed by atoms with Crippen LogP contribution < -0.4 is 4.74 Å². The number of ether oxygens (including phenoxy) is 2. The maximum atomic E-state index is 13.3. The summed E-state index contributed by atoms with van der Waals surface area (Å²) in [5, 5.41) is 0. The third kappa shape index (κ3) is 5.59. The standard InChI is InChI=1S/C22H19F3O2/c23-22(24,25)21(18-9-3-1-4-10-18)16-26-15-17-8-7-13-20(14-17)27-19-11-5-2-6-12-19/h1-14,21H,15-16H2. The highest BCUT2D eigenvalue weighted by molar-refractivity contribution is 5.33. The number of para-hydroxylation sites is 1. The number of benzene rings is 3. The van der Waals surface area contributed by atoms with E-state index < -0.39 is 18.7 Å². The van der Waals surface area contributed by atoms with Gasteiger partial charge in [0, 0.05) is 0 Å². The minimum Gasteiger partial charge on any atom is -0.457 e. The Bertz CT molecular complexity index is 833. The van der Waals surface area contributed by atoms with Crippen molar-refractivity contribution in [2.45, 2.75) is 18.7 Å². The first kappa shape index (κ1) is 19.0. The minimum absolute atomic E-state index is 0.0748. The second-order valence-corrected chi connectivity index (χ2v) is 6.08. The predicted octanol–water partition coefficient (Wildman–Crippen LogP) is 6.34. The van der Waals surface area contributed by atoms with Crippen molar-refractivity contribution in [3.63, 3.8) is 0 Å². The molecule has 0 heterocycles. The lowest BCUT2D eigenvalue weighted by molar-refractivity contribution is -0.163. The van der Waals surface area contributed by atoms with Crippen LogP contribution in [-0.4, -0.2) is 12.8 Å². The SMILES string of the molecule is FC(F)(F)C(COCc1cccc(Oc2ccccc2)c1)c1ccccc1. The largest absolute Gasteiger partial charge is 0.457 e. The smallest absolute Gasteiger partial charge is 0.397 e. The van der Waals surface area contributed by atoms with Crippen LogP contribution in [-0.2, 0) is 11.3 Å². The number of hydrogen-bond acceptors (Lipinski definition) is 2. The maximum absolute atomic E-state index is 13.3. The summed E-state index contributed by atoms with van der Waals surface area (Å²) in [7, 11) is 0. The fraction of sp³-hybridized carbons (Fsp3) is 0.182. The molecule has 0 aliphatic rings. The first-order valence-corrected chi connectivity index (χ1v) is 8.53. The summed E-state index contributed by atoms with van der Waals surface area (Å²) in [6.07, 6.45) is -4.36. The van der Waals surface area contributed by atoms with E-state index in [0.29, 0.717) is 11.5 Å². The van der Waals surface area contributed by atoms with E-state index >= 15 is 0 Å². The summed E-state index contributed by atoms with van der Waals surface area (Å²) in [5.41, 5.74) is 0.948. The second-order valence-electron chi connectivity index (χ2n) is 6.08. The van der Waals surface area contributed by atoms with Crippen LogP contribution in [0.25, 0.3) is 0 Å². The van der Waals surface area contributed by atoms with Gasteiger partial charge in [0.1, 0.15) is 17.4 Å². The van der Waals surface area contributed by atoms with E-state index in [0.717, 1.165) is 5.56 Å². The van der Waals surface area contributed by atoms with Gasteiger partial charge in [-0.3, -0.25) is 0 Å². The number of alkyl halides is 3. The Morgan fingerprint density at radius 3 is 2.04 bits per heavy atom. The highest BCUT2D eigenvalue weighted by Crippen LogP contribution is 2.35. The molecule has 0 bridgehead atoms. The van der Waals surface area contributed by atoms with E-state index in [-0.39, 0.29) is 12.2 Å². The summed E-state index contributed by atoms with van der Waals surface area (Å²) in [5.74, 6) is -0.350. The van der Waals surface area contributed by atoms with Crippen molar-refractivity contribution in [3.05, 3.63) is 96.1 Å². The van der Waals surface area contributed by atoms with E-state index in [1.54, 1.807) is 42.5 Å². The van der Waals surface area contributed by atoms with Crippen molar-refractivity contribution in [2.24, 2.45) is 0 Å². The van der Waals surface area contributed by atoms with Gasteiger partial charge >= 0.3 is 6.18 Å². The van der Waals surface area contributed by atoms with E-state index in [1.807, 2.05) is 30.3 Å². The molecule has 0 radical (unpaired) electrons. The van der Waals surface area contributed by atoms with Gasteiger partial charge in [0.15, 0.2) is 0 Å². The Kier molecular flexibility index (Phi) is 6.14. The molecule has 0 amide bonds. The van der Waals surface area contributed by atoms with Crippen molar-refractivity contribution in [1.29, 1.82) is 0 Å². The molecule has 27 heavy (non-hydrogen) atoms. The summed E-state index contributed by atoms with van der Waals surface area (Å²) in [6.45, 7) is -0.358. The van der Waals surface area contributed by atoms with Gasteiger partial charge in [-0.25, -0.2) is 0 Å². The number of halogens is 3. The fourth-order valence-corrected chi connectivity index (χ4v) is 2.68. The van der Waals surface area contributed by atoms with E-state index in [1.165, 1.54) is 12.1 Å². The minimum atomic E-state index is -4.36. The first-order chi connectivity index (χ1) is 13.0. The van der Waals surface area contributed by atoms with Crippen molar-refractivity contribution < 1.29 is 22.6 Å². The number of rotatable bonds is 7. The molecule has 3 aromatic carbocycles. The summed E-state index contributed by atoms with van der Waals surface area (Å²) in [6, 6.07) is 24.2. The van der Waals surface area contributed by atoms with Crippen LogP contribution in [0.4, 0.5) is 13.2 Å². The molecule has 2 nitrogen and oxygen atoms in total. The van der Waals surface area contributed by atoms with Crippen LogP contribution in [0.3, 0.4) is 0 Å². The molecule has 5 heteroatoms. The van der Waals surface area contributed by atoms with Crippen LogP contribution in [0.5, 0.6) is 11.5 Å². The zero-order valence-electron chi connectivity index (χ0n) is 14.5. The monoisotopic (exact) mass is 372 g/mol. The van der Waals surface area contributed by atoms with E-state index in [4.69, 9.17) is 9.47 Å². The average molecular weight is 372 g/mol. The Balaban J connectivity index is 1.61. The van der Waals surface area contributed by atoms with Crippen LogP contribution >= 0.6 is 0 Å². The van der Waals surface area contributed by atoms with Gasteiger partial charge in [0.05, 0.1) is 13.2 Å². The lowest BCUT2D eigenvalue weighted by Crippen LogP contribution is -2.25. The van der Waals surface area contributed by atoms with Gasteiger partial charge in [-0.15, -0.1) is 0 Å². The summed E-state index contributed by atoms with van der Waals surface area (Å²) >= 11 is 0. The van der Waals surface area contributed by atoms with Crippen molar-refractivity contribution >= 4 is 0 Å². The van der Waals surface area contributed by atoms with Crippen molar-refractivity contribution in [1.82, 2.24) is 0 Å². The molecule has 0 fully saturated rings. The lowest BCUT2D eigenvalue weighted by Gasteiger charge is -2.20. The van der Waals surface area contributed by atoms with Crippen LogP contribution in [0.1, 0.15) is 17.0 Å². The molecule has 0 N–H and O–H groups in total. The summed E-state index contributed by atoms with van der Waals surface area (Å²) < 4.78 is 51.1. The summed E-state index contributed by atoms with van der Waals surface area (Å²) in [4.78, 5) is 0. The molecule has 1 unspecified atom stereocenters. The Morgan fingerprint density at radius 2 is 1.37 bits per heavy atom. The molecule has 0 aromatic heterocycles. The van der Waals surface area contributed by atoms with Gasteiger partial charge < -0.3 is 9.47 Å². The Labute approximate surface area is 156 Å². The molecule has 0 aliphatic heterocycles. The van der Waals surface area contributed by atoms with Crippen LogP contribution in [0, 0.1) is 0 Å². The highest BCUT2D eigenvalue weighted by Gasteiger charge is 2.40. The highest BCUT2D eigenvalue weighted by atomic mass is 19.4. The van der Waals surface area contributed by atoms with Gasteiger partial charge in [-0.2, -0.15) is 13.2 Å². The van der Waals surface area contributed by atoms with Gasteiger partial charge in [-0.1, -0.05) is 60.7 Å². The van der Waals surface area contributed by atoms with Crippen molar-refractivity contribution in [2.75, 3.05) is 6.61 Å². The Hall–Kier alpha value is -2.79. The number of hydrogen-bond donors (Lipinski definition) is 0. The molecule has 0 aliphatic carbocycles. The molecular formula is C22H19F3O2. The molecule has 1 atom stereocenters. The lowest BCUT2D eigenvalue weighted by atomic mass is 9.99. The van der Waals surface area contributed by atoms with Crippen LogP contribution in [0.15, 0.2) is 84.9 Å². The molecule has 0 saturated heterocycles. The molecule has 140 valence electrons. The van der Waals surface area contributed by atoms with E-state index in [2.05, 4.69) is 0 Å². The topological polar surface area (TPSA) is 18.5 Å². The fourth-order valence-electron chi connectivity index (χ4n) is 2.68. The zero-order valence-corrected chi connectivity index (χ0v) is 14.5. The molecular weight excluding hydrogens is 353 g/mol. The maximum Gasteiger partial charge on any atom is 0.397 e. The normalized spacial score (nSPS) is 12.6. The quantitative estimate of drug-likeness (QED) is 0.482. The molecule has 3 rings (SSSR count). The third-order valence-corrected chi connectivity index (χ3v) is 4.03. The first-order valence-electron chi connectivity index (χ1n) is 8.53. The van der Waals surface area contributed by atoms with Crippen molar-refractivity contribution in [3.8, 4) is 11.5 Å². The third-order valence-electron chi connectivity index (χ3n) is 4.03. The Morgan fingerprint density at radius 1 is 0.741 bits per heavy atom. The predicted molar refractivity (Wildman–Crippen MR) is 97.9 cm³/mol. The van der Waals surface area contributed by atoms with Gasteiger partial charge in [-0.05, 0) is 35.4 Å². The van der Waals surface area contributed by atoms with Gasteiger partial charge in [0.2, 0.25) is 0 Å². The second kappa shape index (κ2) is 8.73. The molecule has 3 aromatic rings. The average Bonchev–Trinajstić information content (AvgIpc) is 2.66. The molecule has 0 saturated carbocycles. The van der Waals surface area contributed by atoms with Crippen LogP contribution in [0.2, 0.25) is 0 Å². The van der Waals surface area contributed by atoms with Gasteiger partial charge in [0.25, 0.3) is 0 Å². The molecule has 0 spiro atoms.